The average Bonchev–Trinajstić information content (AvgIpc) is 3.49. The van der Waals surface area contributed by atoms with Crippen molar-refractivity contribution in [3.05, 3.63) is 103 Å². The molecule has 2 amide bonds. The van der Waals surface area contributed by atoms with E-state index in [2.05, 4.69) is 20.8 Å². The van der Waals surface area contributed by atoms with Gasteiger partial charge >= 0.3 is 0 Å². The highest BCUT2D eigenvalue weighted by atomic mass is 19.1. The van der Waals surface area contributed by atoms with Crippen LogP contribution in [0.1, 0.15) is 16.1 Å². The number of benzene rings is 2. The van der Waals surface area contributed by atoms with Crippen LogP contribution in [0.4, 0.5) is 4.39 Å². The number of carbonyl (C=O) groups excluding carboxylic acids is 2. The summed E-state index contributed by atoms with van der Waals surface area (Å²) in [6, 6.07) is 13.1. The Labute approximate surface area is 176 Å². The average molecular weight is 416 g/mol. The molecule has 0 saturated heterocycles. The first kappa shape index (κ1) is 19.8. The molecular weight excluding hydrogens is 399 g/mol. The molecule has 2 heterocycles. The van der Waals surface area contributed by atoms with Crippen LogP contribution in [-0.2, 0) is 4.79 Å². The van der Waals surface area contributed by atoms with Gasteiger partial charge in [0.15, 0.2) is 0 Å². The van der Waals surface area contributed by atoms with Gasteiger partial charge in [0.05, 0.1) is 18.9 Å². The Morgan fingerprint density at radius 3 is 2.35 bits per heavy atom. The second kappa shape index (κ2) is 8.87. The number of amides is 2. The number of nitrogens with one attached hydrogen (secondary N) is 2. The number of halogens is 1. The summed E-state index contributed by atoms with van der Waals surface area (Å²) in [6.45, 7) is 0. The normalized spacial score (nSPS) is 10.9. The highest BCUT2D eigenvalue weighted by Gasteiger charge is 2.13. The molecule has 0 spiro atoms. The van der Waals surface area contributed by atoms with Crippen molar-refractivity contribution in [2.45, 2.75) is 0 Å². The van der Waals surface area contributed by atoms with Crippen molar-refractivity contribution in [2.75, 3.05) is 0 Å². The summed E-state index contributed by atoms with van der Waals surface area (Å²) in [5.74, 6) is -1.45. The van der Waals surface area contributed by atoms with E-state index in [9.17, 15) is 14.0 Å². The molecule has 0 fully saturated rings. The maximum atomic E-state index is 13.1. The van der Waals surface area contributed by atoms with Crippen LogP contribution < -0.4 is 10.9 Å². The zero-order valence-corrected chi connectivity index (χ0v) is 16.1. The van der Waals surface area contributed by atoms with E-state index < -0.39 is 11.8 Å². The highest BCUT2D eigenvalue weighted by Crippen LogP contribution is 2.12. The van der Waals surface area contributed by atoms with Gasteiger partial charge < -0.3 is 4.57 Å². The molecular formula is C22H17FN6O2. The van der Waals surface area contributed by atoms with Crippen LogP contribution in [0.15, 0.2) is 85.9 Å². The fraction of sp³-hybridized carbons (Fsp3) is 0. The number of rotatable bonds is 5. The molecule has 8 nitrogen and oxygen atoms in total. The van der Waals surface area contributed by atoms with E-state index in [4.69, 9.17) is 0 Å². The second-order valence-corrected chi connectivity index (χ2v) is 6.46. The van der Waals surface area contributed by atoms with Gasteiger partial charge in [0, 0.05) is 29.8 Å². The largest absolute Gasteiger partial charge is 0.306 e. The van der Waals surface area contributed by atoms with Crippen molar-refractivity contribution in [3.63, 3.8) is 0 Å². The SMILES string of the molecule is O=C(/C=C/c1ccc(-n2ccnc2)cc1)NNC(=O)c1cncn1-c1ccc(F)cc1. The number of imidazole rings is 2. The predicted molar refractivity (Wildman–Crippen MR) is 112 cm³/mol. The van der Waals surface area contributed by atoms with Gasteiger partial charge in [-0.3, -0.25) is 25.0 Å². The molecule has 9 heteroatoms. The van der Waals surface area contributed by atoms with Crippen molar-refractivity contribution in [1.82, 2.24) is 30.0 Å². The fourth-order valence-electron chi connectivity index (χ4n) is 2.84. The van der Waals surface area contributed by atoms with Crippen LogP contribution in [0.3, 0.4) is 0 Å². The zero-order valence-electron chi connectivity index (χ0n) is 16.1. The zero-order chi connectivity index (χ0) is 21.6. The van der Waals surface area contributed by atoms with Crippen molar-refractivity contribution < 1.29 is 14.0 Å². The van der Waals surface area contributed by atoms with Gasteiger partial charge in [0.2, 0.25) is 0 Å². The minimum atomic E-state index is -0.562. The summed E-state index contributed by atoms with van der Waals surface area (Å²) in [7, 11) is 0. The van der Waals surface area contributed by atoms with Gasteiger partial charge in [-0.05, 0) is 48.0 Å². The molecule has 4 aromatic rings. The Balaban J connectivity index is 1.34. The minimum absolute atomic E-state index is 0.186. The van der Waals surface area contributed by atoms with Crippen molar-refractivity contribution >= 4 is 17.9 Å². The standard InChI is InChI=1S/C22H17FN6O2/c23-17-4-8-19(9-5-17)29-15-25-13-20(29)22(31)27-26-21(30)10-3-16-1-6-18(7-2-16)28-12-11-24-14-28/h1-15H,(H,26,30)(H,27,31)/b10-3+. The molecule has 0 aliphatic carbocycles. The lowest BCUT2D eigenvalue weighted by molar-refractivity contribution is -0.117. The number of carbonyl (C=O) groups is 2. The third-order valence-corrected chi connectivity index (χ3v) is 4.40. The van der Waals surface area contributed by atoms with Gasteiger partial charge in [-0.25, -0.2) is 14.4 Å². The molecule has 0 bridgehead atoms. The molecule has 0 aliphatic heterocycles. The number of nitrogens with zero attached hydrogens (tertiary/aromatic N) is 4. The van der Waals surface area contributed by atoms with Crippen LogP contribution in [0.2, 0.25) is 0 Å². The van der Waals surface area contributed by atoms with Gasteiger partial charge in [-0.15, -0.1) is 0 Å². The molecule has 0 aliphatic rings. The van der Waals surface area contributed by atoms with Crippen LogP contribution >= 0.6 is 0 Å². The molecule has 0 saturated carbocycles. The summed E-state index contributed by atoms with van der Waals surface area (Å²) >= 11 is 0. The first-order chi connectivity index (χ1) is 15.1. The van der Waals surface area contributed by atoms with Gasteiger partial charge in [-0.1, -0.05) is 12.1 Å². The minimum Gasteiger partial charge on any atom is -0.306 e. The lowest BCUT2D eigenvalue weighted by atomic mass is 10.2. The lowest BCUT2D eigenvalue weighted by Gasteiger charge is -2.09. The molecule has 154 valence electrons. The van der Waals surface area contributed by atoms with E-state index in [-0.39, 0.29) is 11.5 Å². The Bertz CT molecular complexity index is 1210. The van der Waals surface area contributed by atoms with E-state index in [0.717, 1.165) is 11.3 Å². The number of hydrogen-bond acceptors (Lipinski definition) is 4. The second-order valence-electron chi connectivity index (χ2n) is 6.46. The fourth-order valence-corrected chi connectivity index (χ4v) is 2.84. The first-order valence-electron chi connectivity index (χ1n) is 9.25. The molecule has 0 radical (unpaired) electrons. The van der Waals surface area contributed by atoms with Gasteiger partial charge in [-0.2, -0.15) is 0 Å². The van der Waals surface area contributed by atoms with E-state index in [1.165, 1.54) is 47.4 Å². The van der Waals surface area contributed by atoms with E-state index in [1.807, 2.05) is 35.0 Å². The van der Waals surface area contributed by atoms with E-state index in [0.29, 0.717) is 5.69 Å². The van der Waals surface area contributed by atoms with Crippen LogP contribution in [0, 0.1) is 5.82 Å². The lowest BCUT2D eigenvalue weighted by Crippen LogP contribution is -2.41. The third-order valence-electron chi connectivity index (χ3n) is 4.40. The number of hydrazine groups is 1. The Morgan fingerprint density at radius 1 is 0.903 bits per heavy atom. The summed E-state index contributed by atoms with van der Waals surface area (Å²) in [5.41, 5.74) is 7.18. The number of aromatic nitrogens is 4. The number of hydrogen-bond donors (Lipinski definition) is 2. The van der Waals surface area contributed by atoms with E-state index >= 15 is 0 Å². The van der Waals surface area contributed by atoms with Crippen LogP contribution in [0.5, 0.6) is 0 Å². The van der Waals surface area contributed by atoms with Crippen LogP contribution in [0.25, 0.3) is 17.5 Å². The first-order valence-corrected chi connectivity index (χ1v) is 9.25. The smallest absolute Gasteiger partial charge is 0.288 e. The molecule has 4 rings (SSSR count). The van der Waals surface area contributed by atoms with Crippen molar-refractivity contribution in [3.8, 4) is 11.4 Å². The monoisotopic (exact) mass is 416 g/mol. The van der Waals surface area contributed by atoms with Crippen molar-refractivity contribution in [2.24, 2.45) is 0 Å². The Morgan fingerprint density at radius 2 is 1.65 bits per heavy atom. The summed E-state index contributed by atoms with van der Waals surface area (Å²) in [5, 5.41) is 0. The van der Waals surface area contributed by atoms with Gasteiger partial charge in [0.1, 0.15) is 11.5 Å². The van der Waals surface area contributed by atoms with Crippen molar-refractivity contribution in [1.29, 1.82) is 0 Å². The van der Waals surface area contributed by atoms with E-state index in [1.54, 1.807) is 18.6 Å². The quantitative estimate of drug-likeness (QED) is 0.386. The summed E-state index contributed by atoms with van der Waals surface area (Å²) in [6.07, 6.45) is 10.9. The molecule has 2 N–H and O–H groups in total. The highest BCUT2D eigenvalue weighted by molar-refractivity contribution is 5.97. The van der Waals surface area contributed by atoms with Crippen LogP contribution in [-0.4, -0.2) is 30.9 Å². The topological polar surface area (TPSA) is 93.8 Å². The Kier molecular flexibility index (Phi) is 5.66. The molecule has 0 atom stereocenters. The third kappa shape index (κ3) is 4.73. The molecule has 31 heavy (non-hydrogen) atoms. The molecule has 2 aromatic heterocycles. The summed E-state index contributed by atoms with van der Waals surface area (Å²) < 4.78 is 16.5. The maximum absolute atomic E-state index is 13.1. The summed E-state index contributed by atoms with van der Waals surface area (Å²) in [4.78, 5) is 32.4. The predicted octanol–water partition coefficient (Wildman–Crippen LogP) is 2.67. The maximum Gasteiger partial charge on any atom is 0.288 e. The molecule has 0 unspecified atom stereocenters. The Hall–Kier alpha value is -4.53. The van der Waals surface area contributed by atoms with Gasteiger partial charge in [0.25, 0.3) is 11.8 Å². The molecule has 2 aromatic carbocycles.